The van der Waals surface area contributed by atoms with Gasteiger partial charge in [0.25, 0.3) is 0 Å². The third kappa shape index (κ3) is 3.20. The van der Waals surface area contributed by atoms with Crippen LogP contribution in [0.2, 0.25) is 5.02 Å². The molecule has 2 aromatic heterocycles. The Balaban J connectivity index is 1.52. The Hall–Kier alpha value is -2.20. The molecule has 1 aromatic carbocycles. The Bertz CT molecular complexity index is 836. The minimum absolute atomic E-state index is 0.699. The van der Waals surface area contributed by atoms with Crippen LogP contribution in [-0.4, -0.2) is 22.5 Å². The predicted molar refractivity (Wildman–Crippen MR) is 100 cm³/mol. The molecule has 0 bridgehead atoms. The van der Waals surface area contributed by atoms with Crippen molar-refractivity contribution in [2.45, 2.75) is 25.8 Å². The first kappa shape index (κ1) is 15.3. The summed E-state index contributed by atoms with van der Waals surface area (Å²) in [6, 6.07) is 12.4. The molecule has 1 fully saturated rings. The average molecular weight is 341 g/mol. The lowest BCUT2D eigenvalue weighted by Crippen LogP contribution is -2.30. The number of imidazole rings is 1. The highest BCUT2D eigenvalue weighted by atomic mass is 35.5. The summed E-state index contributed by atoms with van der Waals surface area (Å²) in [7, 11) is 0. The lowest BCUT2D eigenvalue weighted by molar-refractivity contribution is 0.578. The van der Waals surface area contributed by atoms with Gasteiger partial charge in [-0.3, -0.25) is 0 Å². The minimum atomic E-state index is 0.699. The zero-order valence-electron chi connectivity index (χ0n) is 13.6. The number of pyridine rings is 1. The Labute approximate surface area is 147 Å². The standard InChI is InChI=1S/C19H21ClN4/c20-15-8-9-19-22-16(14-24(19)13-15)12-21-17-6-2-3-7-18(17)23-10-4-1-5-11-23/h2-3,6-9,13-14,21H,1,4-5,10-12H2. The van der Waals surface area contributed by atoms with E-state index >= 15 is 0 Å². The molecule has 0 amide bonds. The Morgan fingerprint density at radius 3 is 2.71 bits per heavy atom. The summed E-state index contributed by atoms with van der Waals surface area (Å²) >= 11 is 6.04. The Kier molecular flexibility index (Phi) is 4.30. The van der Waals surface area contributed by atoms with Gasteiger partial charge in [0, 0.05) is 25.5 Å². The van der Waals surface area contributed by atoms with Crippen molar-refractivity contribution in [2.75, 3.05) is 23.3 Å². The van der Waals surface area contributed by atoms with Crippen molar-refractivity contribution in [3.63, 3.8) is 0 Å². The maximum absolute atomic E-state index is 6.04. The largest absolute Gasteiger partial charge is 0.378 e. The SMILES string of the molecule is Clc1ccc2nc(CNc3ccccc3N3CCCCC3)cn2c1. The van der Waals surface area contributed by atoms with Crippen LogP contribution in [0.25, 0.3) is 5.65 Å². The van der Waals surface area contributed by atoms with Gasteiger partial charge in [0.05, 0.1) is 28.6 Å². The second kappa shape index (κ2) is 6.73. The molecule has 0 atom stereocenters. The highest BCUT2D eigenvalue weighted by Crippen LogP contribution is 2.28. The van der Waals surface area contributed by atoms with E-state index in [1.165, 1.54) is 30.6 Å². The van der Waals surface area contributed by atoms with E-state index in [1.54, 1.807) is 0 Å². The maximum Gasteiger partial charge on any atom is 0.137 e. The van der Waals surface area contributed by atoms with Crippen molar-refractivity contribution in [1.82, 2.24) is 9.38 Å². The van der Waals surface area contributed by atoms with Crippen molar-refractivity contribution < 1.29 is 0 Å². The molecule has 0 aliphatic carbocycles. The lowest BCUT2D eigenvalue weighted by atomic mass is 10.1. The number of fused-ring (bicyclic) bond motifs is 1. The van der Waals surface area contributed by atoms with Gasteiger partial charge in [0.2, 0.25) is 0 Å². The quantitative estimate of drug-likeness (QED) is 0.754. The van der Waals surface area contributed by atoms with Crippen molar-refractivity contribution >= 4 is 28.6 Å². The Morgan fingerprint density at radius 1 is 1.00 bits per heavy atom. The van der Waals surface area contributed by atoms with Gasteiger partial charge in [0.1, 0.15) is 5.65 Å². The van der Waals surface area contributed by atoms with E-state index < -0.39 is 0 Å². The van der Waals surface area contributed by atoms with E-state index in [-0.39, 0.29) is 0 Å². The van der Waals surface area contributed by atoms with Crippen LogP contribution in [0.15, 0.2) is 48.8 Å². The zero-order valence-corrected chi connectivity index (χ0v) is 14.3. The van der Waals surface area contributed by atoms with E-state index in [1.807, 2.05) is 28.9 Å². The van der Waals surface area contributed by atoms with Crippen molar-refractivity contribution in [2.24, 2.45) is 0 Å². The number of nitrogens with one attached hydrogen (secondary N) is 1. The normalized spacial score (nSPS) is 15.0. The molecule has 5 heteroatoms. The molecular weight excluding hydrogens is 320 g/mol. The van der Waals surface area contributed by atoms with Crippen LogP contribution < -0.4 is 10.2 Å². The highest BCUT2D eigenvalue weighted by molar-refractivity contribution is 6.30. The van der Waals surface area contributed by atoms with E-state index in [0.717, 1.165) is 29.5 Å². The summed E-state index contributed by atoms with van der Waals surface area (Å²) in [5.74, 6) is 0. The fourth-order valence-corrected chi connectivity index (χ4v) is 3.49. The molecule has 0 unspecified atom stereocenters. The van der Waals surface area contributed by atoms with Crippen LogP contribution in [0.3, 0.4) is 0 Å². The predicted octanol–water partition coefficient (Wildman–Crippen LogP) is 4.59. The highest BCUT2D eigenvalue weighted by Gasteiger charge is 2.14. The van der Waals surface area contributed by atoms with Gasteiger partial charge in [0.15, 0.2) is 0 Å². The molecule has 124 valence electrons. The second-order valence-electron chi connectivity index (χ2n) is 6.26. The molecule has 1 aliphatic heterocycles. The van der Waals surface area contributed by atoms with E-state index in [9.17, 15) is 0 Å². The summed E-state index contributed by atoms with van der Waals surface area (Å²) in [5, 5.41) is 4.27. The second-order valence-corrected chi connectivity index (χ2v) is 6.70. The van der Waals surface area contributed by atoms with Crippen LogP contribution in [0.4, 0.5) is 11.4 Å². The third-order valence-corrected chi connectivity index (χ3v) is 4.75. The van der Waals surface area contributed by atoms with Gasteiger partial charge in [-0.2, -0.15) is 0 Å². The summed E-state index contributed by atoms with van der Waals surface area (Å²) in [5.41, 5.74) is 4.39. The maximum atomic E-state index is 6.04. The lowest BCUT2D eigenvalue weighted by Gasteiger charge is -2.30. The van der Waals surface area contributed by atoms with Gasteiger partial charge in [-0.15, -0.1) is 0 Å². The first-order valence-electron chi connectivity index (χ1n) is 8.50. The molecule has 24 heavy (non-hydrogen) atoms. The molecule has 0 spiro atoms. The number of hydrogen-bond acceptors (Lipinski definition) is 3. The fraction of sp³-hybridized carbons (Fsp3) is 0.316. The third-order valence-electron chi connectivity index (χ3n) is 4.53. The summed E-state index contributed by atoms with van der Waals surface area (Å²) in [6.45, 7) is 2.99. The zero-order chi connectivity index (χ0) is 16.4. The smallest absolute Gasteiger partial charge is 0.137 e. The van der Waals surface area contributed by atoms with Gasteiger partial charge in [-0.05, 0) is 43.5 Å². The molecule has 1 N–H and O–H groups in total. The topological polar surface area (TPSA) is 32.6 Å². The van der Waals surface area contributed by atoms with Gasteiger partial charge in [-0.25, -0.2) is 4.98 Å². The van der Waals surface area contributed by atoms with E-state index in [0.29, 0.717) is 6.54 Å². The molecule has 1 saturated heterocycles. The number of halogens is 1. The van der Waals surface area contributed by atoms with E-state index in [4.69, 9.17) is 11.6 Å². The number of para-hydroxylation sites is 2. The number of anilines is 2. The molecule has 4 rings (SSSR count). The molecular formula is C19H21ClN4. The molecule has 0 radical (unpaired) electrons. The number of rotatable bonds is 4. The first-order chi connectivity index (χ1) is 11.8. The number of nitrogens with zero attached hydrogens (tertiary/aromatic N) is 3. The van der Waals surface area contributed by atoms with E-state index in [2.05, 4.69) is 39.5 Å². The minimum Gasteiger partial charge on any atom is -0.378 e. The van der Waals surface area contributed by atoms with Crippen molar-refractivity contribution in [3.05, 3.63) is 59.5 Å². The van der Waals surface area contributed by atoms with Crippen molar-refractivity contribution in [1.29, 1.82) is 0 Å². The Morgan fingerprint density at radius 2 is 1.83 bits per heavy atom. The summed E-state index contributed by atoms with van der Waals surface area (Å²) < 4.78 is 1.97. The van der Waals surface area contributed by atoms with Crippen LogP contribution in [0, 0.1) is 0 Å². The molecule has 1 aliphatic rings. The number of benzene rings is 1. The molecule has 0 saturated carbocycles. The van der Waals surface area contributed by atoms with Gasteiger partial charge < -0.3 is 14.6 Å². The van der Waals surface area contributed by atoms with Crippen LogP contribution in [0.5, 0.6) is 0 Å². The number of piperidine rings is 1. The average Bonchev–Trinajstić information content (AvgIpc) is 3.03. The fourth-order valence-electron chi connectivity index (χ4n) is 3.32. The first-order valence-corrected chi connectivity index (χ1v) is 8.88. The molecule has 4 nitrogen and oxygen atoms in total. The molecule has 3 aromatic rings. The number of hydrogen-bond donors (Lipinski definition) is 1. The van der Waals surface area contributed by atoms with Crippen LogP contribution >= 0.6 is 11.6 Å². The number of aromatic nitrogens is 2. The molecule has 3 heterocycles. The van der Waals surface area contributed by atoms with Gasteiger partial charge >= 0.3 is 0 Å². The van der Waals surface area contributed by atoms with Gasteiger partial charge in [-0.1, -0.05) is 23.7 Å². The van der Waals surface area contributed by atoms with Crippen molar-refractivity contribution in [3.8, 4) is 0 Å². The van der Waals surface area contributed by atoms with Crippen LogP contribution in [0.1, 0.15) is 25.0 Å². The summed E-state index contributed by atoms with van der Waals surface area (Å²) in [6.07, 6.45) is 7.81. The monoisotopic (exact) mass is 340 g/mol. The van der Waals surface area contributed by atoms with Crippen LogP contribution in [-0.2, 0) is 6.54 Å². The summed E-state index contributed by atoms with van der Waals surface area (Å²) in [4.78, 5) is 7.12.